The standard InChI is InChI=1S/C31H38F2/c1-2-3-4-5-23-6-8-24(9-7-23)10-11-26-15-21-30-28(22-26)18-17-27(31(30)33)16-12-25-13-19-29(32)20-14-25/h13-15,17-24H,2-12,16H2,1H3. The summed E-state index contributed by atoms with van der Waals surface area (Å²) < 4.78 is 28.2. The van der Waals surface area contributed by atoms with Gasteiger partial charge in [-0.05, 0) is 71.7 Å². The largest absolute Gasteiger partial charge is 0.207 e. The molecule has 0 nitrogen and oxygen atoms in total. The molecule has 0 aromatic heterocycles. The highest BCUT2D eigenvalue weighted by Crippen LogP contribution is 2.34. The molecule has 0 amide bonds. The molecule has 3 aromatic carbocycles. The summed E-state index contributed by atoms with van der Waals surface area (Å²) in [6.07, 6.45) is 14.8. The van der Waals surface area contributed by atoms with E-state index in [4.69, 9.17) is 0 Å². The first kappa shape index (κ1) is 23.9. The molecule has 33 heavy (non-hydrogen) atoms. The van der Waals surface area contributed by atoms with Gasteiger partial charge in [0.2, 0.25) is 0 Å². The molecule has 0 radical (unpaired) electrons. The first-order valence-corrected chi connectivity index (χ1v) is 13.1. The normalized spacial score (nSPS) is 18.6. The third-order valence-corrected chi connectivity index (χ3v) is 7.72. The maximum Gasteiger partial charge on any atom is 0.134 e. The van der Waals surface area contributed by atoms with Crippen molar-refractivity contribution in [2.75, 3.05) is 0 Å². The van der Waals surface area contributed by atoms with E-state index in [0.29, 0.717) is 18.2 Å². The van der Waals surface area contributed by atoms with E-state index in [1.807, 2.05) is 12.1 Å². The number of hydrogen-bond acceptors (Lipinski definition) is 0. The summed E-state index contributed by atoms with van der Waals surface area (Å²) in [6.45, 7) is 2.28. The van der Waals surface area contributed by atoms with Crippen molar-refractivity contribution in [3.8, 4) is 0 Å². The predicted octanol–water partition coefficient (Wildman–Crippen LogP) is 9.22. The number of rotatable bonds is 10. The van der Waals surface area contributed by atoms with Crippen LogP contribution in [0.5, 0.6) is 0 Å². The number of aryl methyl sites for hydroxylation is 3. The van der Waals surface area contributed by atoms with E-state index in [0.717, 1.165) is 34.8 Å². The quantitative estimate of drug-likeness (QED) is 0.271. The Labute approximate surface area is 198 Å². The molecule has 1 fully saturated rings. The van der Waals surface area contributed by atoms with Crippen LogP contribution in [0.15, 0.2) is 54.6 Å². The SMILES string of the molecule is CCCCCC1CCC(CCc2ccc3c(F)c(CCc4ccc(F)cc4)ccc3c2)CC1. The molecule has 0 atom stereocenters. The zero-order valence-electron chi connectivity index (χ0n) is 20.1. The maximum absolute atomic E-state index is 15.1. The van der Waals surface area contributed by atoms with Crippen molar-refractivity contribution in [2.45, 2.75) is 84.0 Å². The smallest absolute Gasteiger partial charge is 0.134 e. The first-order chi connectivity index (χ1) is 16.1. The van der Waals surface area contributed by atoms with Gasteiger partial charge in [0.15, 0.2) is 0 Å². The molecule has 0 N–H and O–H groups in total. The van der Waals surface area contributed by atoms with Gasteiger partial charge in [-0.25, -0.2) is 8.78 Å². The Kier molecular flexibility index (Phi) is 8.53. The Hall–Kier alpha value is -2.22. The molecule has 176 valence electrons. The van der Waals surface area contributed by atoms with Gasteiger partial charge in [-0.15, -0.1) is 0 Å². The lowest BCUT2D eigenvalue weighted by molar-refractivity contribution is 0.249. The molecular formula is C31H38F2. The molecule has 3 aromatic rings. The summed E-state index contributed by atoms with van der Waals surface area (Å²) in [7, 11) is 0. The summed E-state index contributed by atoms with van der Waals surface area (Å²) in [5.74, 6) is 1.48. The van der Waals surface area contributed by atoms with Crippen LogP contribution >= 0.6 is 0 Å². The topological polar surface area (TPSA) is 0 Å². The maximum atomic E-state index is 15.1. The molecule has 1 aliphatic rings. The second-order valence-electron chi connectivity index (χ2n) is 10.1. The fraction of sp³-hybridized carbons (Fsp3) is 0.484. The first-order valence-electron chi connectivity index (χ1n) is 13.1. The Morgan fingerprint density at radius 2 is 1.39 bits per heavy atom. The summed E-state index contributed by atoms with van der Waals surface area (Å²) in [4.78, 5) is 0. The second kappa shape index (κ2) is 11.8. The lowest BCUT2D eigenvalue weighted by Gasteiger charge is -2.28. The summed E-state index contributed by atoms with van der Waals surface area (Å²) in [5, 5.41) is 1.71. The summed E-state index contributed by atoms with van der Waals surface area (Å²) >= 11 is 0. The minimum absolute atomic E-state index is 0.109. The van der Waals surface area contributed by atoms with E-state index in [9.17, 15) is 4.39 Å². The van der Waals surface area contributed by atoms with Gasteiger partial charge in [0, 0.05) is 5.39 Å². The molecule has 0 saturated heterocycles. The average molecular weight is 449 g/mol. The molecule has 0 unspecified atom stereocenters. The van der Waals surface area contributed by atoms with Gasteiger partial charge in [-0.2, -0.15) is 0 Å². The lowest BCUT2D eigenvalue weighted by Crippen LogP contribution is -2.15. The minimum Gasteiger partial charge on any atom is -0.207 e. The molecule has 1 aliphatic carbocycles. The Balaban J connectivity index is 1.30. The van der Waals surface area contributed by atoms with Gasteiger partial charge in [-0.1, -0.05) is 101 Å². The third-order valence-electron chi connectivity index (χ3n) is 7.72. The van der Waals surface area contributed by atoms with Crippen LogP contribution in [-0.4, -0.2) is 0 Å². The van der Waals surface area contributed by atoms with Gasteiger partial charge >= 0.3 is 0 Å². The average Bonchev–Trinajstić information content (AvgIpc) is 2.84. The van der Waals surface area contributed by atoms with Crippen LogP contribution in [0.2, 0.25) is 0 Å². The predicted molar refractivity (Wildman–Crippen MR) is 136 cm³/mol. The molecule has 0 heterocycles. The van der Waals surface area contributed by atoms with Gasteiger partial charge in [0.25, 0.3) is 0 Å². The van der Waals surface area contributed by atoms with E-state index in [2.05, 4.69) is 25.1 Å². The van der Waals surface area contributed by atoms with Crippen molar-refractivity contribution in [3.63, 3.8) is 0 Å². The van der Waals surface area contributed by atoms with E-state index in [1.54, 1.807) is 12.1 Å². The highest BCUT2D eigenvalue weighted by Gasteiger charge is 2.20. The van der Waals surface area contributed by atoms with E-state index in [1.165, 1.54) is 75.5 Å². The van der Waals surface area contributed by atoms with Crippen LogP contribution in [0, 0.1) is 23.5 Å². The second-order valence-corrected chi connectivity index (χ2v) is 10.1. The van der Waals surface area contributed by atoms with Gasteiger partial charge < -0.3 is 0 Å². The van der Waals surface area contributed by atoms with E-state index in [-0.39, 0.29) is 11.6 Å². The van der Waals surface area contributed by atoms with E-state index >= 15 is 4.39 Å². The molecule has 1 saturated carbocycles. The fourth-order valence-electron chi connectivity index (χ4n) is 5.53. The Morgan fingerprint density at radius 3 is 2.12 bits per heavy atom. The fourth-order valence-corrected chi connectivity index (χ4v) is 5.53. The highest BCUT2D eigenvalue weighted by molar-refractivity contribution is 5.84. The number of unbranched alkanes of at least 4 members (excludes halogenated alkanes) is 2. The third kappa shape index (κ3) is 6.65. The van der Waals surface area contributed by atoms with Crippen molar-refractivity contribution >= 4 is 10.8 Å². The number of fused-ring (bicyclic) bond motifs is 1. The van der Waals surface area contributed by atoms with Crippen LogP contribution in [0.1, 0.15) is 81.4 Å². The summed E-state index contributed by atoms with van der Waals surface area (Å²) in [6, 6.07) is 16.7. The number of benzene rings is 3. The summed E-state index contributed by atoms with van der Waals surface area (Å²) in [5.41, 5.74) is 3.09. The van der Waals surface area contributed by atoms with Crippen molar-refractivity contribution in [3.05, 3.63) is 82.9 Å². The molecular weight excluding hydrogens is 410 g/mol. The molecule has 0 bridgehead atoms. The monoisotopic (exact) mass is 448 g/mol. The van der Waals surface area contributed by atoms with Crippen molar-refractivity contribution in [1.29, 1.82) is 0 Å². The van der Waals surface area contributed by atoms with Crippen molar-refractivity contribution in [1.82, 2.24) is 0 Å². The van der Waals surface area contributed by atoms with Crippen LogP contribution in [0.3, 0.4) is 0 Å². The van der Waals surface area contributed by atoms with E-state index < -0.39 is 0 Å². The Bertz CT molecular complexity index is 1010. The van der Waals surface area contributed by atoms with Crippen LogP contribution in [-0.2, 0) is 19.3 Å². The molecule has 0 spiro atoms. The Morgan fingerprint density at radius 1 is 0.697 bits per heavy atom. The zero-order valence-corrected chi connectivity index (χ0v) is 20.1. The highest BCUT2D eigenvalue weighted by atomic mass is 19.1. The van der Waals surface area contributed by atoms with Gasteiger partial charge in [-0.3, -0.25) is 0 Å². The lowest BCUT2D eigenvalue weighted by atomic mass is 9.77. The van der Waals surface area contributed by atoms with Crippen LogP contribution in [0.25, 0.3) is 10.8 Å². The van der Waals surface area contributed by atoms with Gasteiger partial charge in [0.05, 0.1) is 0 Å². The van der Waals surface area contributed by atoms with Crippen LogP contribution < -0.4 is 0 Å². The van der Waals surface area contributed by atoms with Crippen molar-refractivity contribution in [2.24, 2.45) is 11.8 Å². The molecule has 4 rings (SSSR count). The number of halogens is 2. The van der Waals surface area contributed by atoms with Crippen LogP contribution in [0.4, 0.5) is 8.78 Å². The minimum atomic E-state index is -0.235. The molecule has 0 aliphatic heterocycles. The number of hydrogen-bond donors (Lipinski definition) is 0. The molecule has 2 heteroatoms. The van der Waals surface area contributed by atoms with Crippen molar-refractivity contribution < 1.29 is 8.78 Å². The van der Waals surface area contributed by atoms with Gasteiger partial charge in [0.1, 0.15) is 11.6 Å². The zero-order chi connectivity index (χ0) is 23.0.